The summed E-state index contributed by atoms with van der Waals surface area (Å²) in [6, 6.07) is 0. The molecule has 3 fully saturated rings. The smallest absolute Gasteiger partial charge is 0.154 e. The topological polar surface area (TPSA) is 24.6 Å². The molecule has 0 aromatic heterocycles. The zero-order chi connectivity index (χ0) is 17.2. The molecule has 0 aromatic carbocycles. The summed E-state index contributed by atoms with van der Waals surface area (Å²) in [5.74, 6) is 2.36. The third-order valence-corrected chi connectivity index (χ3v) is 8.44. The summed E-state index contributed by atoms with van der Waals surface area (Å²) in [6.07, 6.45) is 13.5. The molecule has 0 aliphatic heterocycles. The lowest BCUT2D eigenvalue weighted by Gasteiger charge is -2.58. The summed E-state index contributed by atoms with van der Waals surface area (Å²) in [5, 5.41) is 10.5. The van der Waals surface area contributed by atoms with E-state index in [2.05, 4.69) is 24.8 Å². The van der Waals surface area contributed by atoms with Crippen LogP contribution < -0.4 is 0 Å². The molecular weight excluding hydrogens is 294 g/mol. The predicted octanol–water partition coefficient (Wildman–Crippen LogP) is 5.50. The Morgan fingerprint density at radius 3 is 2.54 bits per heavy atom. The van der Waals surface area contributed by atoms with Crippen molar-refractivity contribution < 1.29 is 5.11 Å². The highest BCUT2D eigenvalue weighted by atomic mass is 16.3. The molecule has 0 bridgehead atoms. The molecule has 130 valence electrons. The van der Waals surface area contributed by atoms with Crippen LogP contribution in [0.3, 0.4) is 0 Å². The summed E-state index contributed by atoms with van der Waals surface area (Å²) < 4.78 is 0. The average molecular weight is 325 g/mol. The van der Waals surface area contributed by atoms with Crippen molar-refractivity contribution in [3.05, 3.63) is 34.8 Å². The largest absolute Gasteiger partial charge is 0.386 e. The molecule has 2 heteroatoms. The molecule has 6 atom stereocenters. The van der Waals surface area contributed by atoms with Gasteiger partial charge in [0.1, 0.15) is 0 Å². The first kappa shape index (κ1) is 16.4. The number of hydrogen-bond donors (Lipinski definition) is 1. The van der Waals surface area contributed by atoms with Crippen molar-refractivity contribution >= 4 is 0 Å². The van der Waals surface area contributed by atoms with Crippen LogP contribution in [0.15, 0.2) is 23.4 Å². The summed E-state index contributed by atoms with van der Waals surface area (Å²) in [4.78, 5) is 3.60. The Bertz CT molecular complexity index is 651. The van der Waals surface area contributed by atoms with E-state index in [1.54, 1.807) is 5.57 Å². The first-order valence-corrected chi connectivity index (χ1v) is 9.81. The fraction of sp³-hybridized carbons (Fsp3) is 0.773. The number of allylic oxidation sites excluding steroid dienone is 2. The fourth-order valence-corrected chi connectivity index (χ4v) is 7.01. The molecule has 0 amide bonds. The first-order valence-electron chi connectivity index (χ1n) is 9.81. The van der Waals surface area contributed by atoms with E-state index < -0.39 is 5.60 Å². The SMILES string of the molecule is [C-]#[N+]/C=C1/CC[C@H]2[C@@H]3CCC4=C[C@](C)(O)CC[C@]4(C)[C@H]3CC[C@]12C. The van der Waals surface area contributed by atoms with Crippen molar-refractivity contribution in [1.82, 2.24) is 0 Å². The number of hydrogen-bond acceptors (Lipinski definition) is 1. The van der Waals surface area contributed by atoms with Gasteiger partial charge in [-0.3, -0.25) is 0 Å². The van der Waals surface area contributed by atoms with Crippen molar-refractivity contribution in [2.24, 2.45) is 28.6 Å². The third-order valence-electron chi connectivity index (χ3n) is 8.44. The highest BCUT2D eigenvalue weighted by Gasteiger charge is 2.57. The van der Waals surface area contributed by atoms with E-state index in [0.29, 0.717) is 5.41 Å². The molecule has 1 N–H and O–H groups in total. The second-order valence-corrected chi connectivity index (χ2v) is 9.64. The Morgan fingerprint density at radius 2 is 1.79 bits per heavy atom. The minimum Gasteiger partial charge on any atom is -0.386 e. The van der Waals surface area contributed by atoms with Crippen LogP contribution in [0.2, 0.25) is 0 Å². The van der Waals surface area contributed by atoms with Crippen molar-refractivity contribution in [2.75, 3.05) is 0 Å². The van der Waals surface area contributed by atoms with Gasteiger partial charge in [0.2, 0.25) is 0 Å². The van der Waals surface area contributed by atoms with Crippen LogP contribution in [-0.2, 0) is 0 Å². The van der Waals surface area contributed by atoms with E-state index in [4.69, 9.17) is 6.57 Å². The van der Waals surface area contributed by atoms with Crippen LogP contribution >= 0.6 is 0 Å². The van der Waals surface area contributed by atoms with E-state index in [9.17, 15) is 5.11 Å². The minimum atomic E-state index is -0.593. The second kappa shape index (κ2) is 5.21. The lowest BCUT2D eigenvalue weighted by Crippen LogP contribution is -2.50. The molecular formula is C22H31NO. The van der Waals surface area contributed by atoms with Gasteiger partial charge in [0.15, 0.2) is 6.20 Å². The van der Waals surface area contributed by atoms with Crippen molar-refractivity contribution in [2.45, 2.75) is 77.7 Å². The van der Waals surface area contributed by atoms with Gasteiger partial charge in [-0.2, -0.15) is 0 Å². The van der Waals surface area contributed by atoms with Gasteiger partial charge in [-0.05, 0) is 86.9 Å². The van der Waals surface area contributed by atoms with Crippen molar-refractivity contribution in [3.63, 3.8) is 0 Å². The highest BCUT2D eigenvalue weighted by Crippen LogP contribution is 2.66. The van der Waals surface area contributed by atoms with Crippen LogP contribution in [0.1, 0.15) is 72.1 Å². The van der Waals surface area contributed by atoms with Crippen molar-refractivity contribution in [1.29, 1.82) is 0 Å². The Labute approximate surface area is 146 Å². The predicted molar refractivity (Wildman–Crippen MR) is 97.0 cm³/mol. The lowest BCUT2D eigenvalue weighted by molar-refractivity contribution is -0.0406. The zero-order valence-electron chi connectivity index (χ0n) is 15.4. The number of fused-ring (bicyclic) bond motifs is 5. The molecule has 4 rings (SSSR count). The maximum atomic E-state index is 10.5. The monoisotopic (exact) mass is 325 g/mol. The van der Waals surface area contributed by atoms with E-state index >= 15 is 0 Å². The average Bonchev–Trinajstić information content (AvgIpc) is 2.85. The quantitative estimate of drug-likeness (QED) is 0.461. The standard InChI is InChI=1S/C22H31NO/c1-20(24)11-12-22(3)15(13-20)5-7-17-18-8-6-16(14-23-4)21(18,2)10-9-19(17)22/h13-14,17-19,24H,5-12H2,1-3H3/b16-14-/t17-,18-,19-,20+,21+,22-/m0/s1. The van der Waals surface area contributed by atoms with E-state index in [-0.39, 0.29) is 5.41 Å². The molecule has 0 heterocycles. The number of aliphatic hydroxyl groups is 1. The molecule has 3 saturated carbocycles. The molecule has 0 radical (unpaired) electrons. The molecule has 0 aromatic rings. The Kier molecular flexibility index (Phi) is 3.56. The Balaban J connectivity index is 1.68. The molecule has 4 aliphatic carbocycles. The van der Waals surface area contributed by atoms with Crippen LogP contribution in [0.4, 0.5) is 0 Å². The molecule has 2 nitrogen and oxygen atoms in total. The number of nitrogens with zero attached hydrogens (tertiary/aromatic N) is 1. The van der Waals surface area contributed by atoms with E-state index in [1.807, 2.05) is 13.1 Å². The minimum absolute atomic E-state index is 0.281. The van der Waals surface area contributed by atoms with Gasteiger partial charge in [0.25, 0.3) is 0 Å². The van der Waals surface area contributed by atoms with Crippen LogP contribution in [0, 0.1) is 35.2 Å². The summed E-state index contributed by atoms with van der Waals surface area (Å²) >= 11 is 0. The summed E-state index contributed by atoms with van der Waals surface area (Å²) in [6.45, 7) is 14.1. The molecule has 24 heavy (non-hydrogen) atoms. The first-order chi connectivity index (χ1) is 11.3. The summed E-state index contributed by atoms with van der Waals surface area (Å²) in [7, 11) is 0. The maximum absolute atomic E-state index is 10.5. The van der Waals surface area contributed by atoms with Gasteiger partial charge < -0.3 is 5.11 Å². The van der Waals surface area contributed by atoms with Crippen molar-refractivity contribution in [3.8, 4) is 0 Å². The molecule has 0 unspecified atom stereocenters. The molecule has 0 saturated heterocycles. The number of rotatable bonds is 0. The maximum Gasteiger partial charge on any atom is 0.154 e. The lowest BCUT2D eigenvalue weighted by atomic mass is 9.47. The fourth-order valence-electron chi connectivity index (χ4n) is 7.01. The zero-order valence-corrected chi connectivity index (χ0v) is 15.4. The van der Waals surface area contributed by atoms with Gasteiger partial charge in [-0.15, -0.1) is 0 Å². The van der Waals surface area contributed by atoms with Gasteiger partial charge in [0, 0.05) is 0 Å². The summed E-state index contributed by atoms with van der Waals surface area (Å²) in [5.41, 5.74) is 2.96. The molecule has 0 spiro atoms. The highest BCUT2D eigenvalue weighted by molar-refractivity contribution is 5.30. The molecule has 4 aliphatic rings. The van der Waals surface area contributed by atoms with Gasteiger partial charge in [0.05, 0.1) is 12.2 Å². The van der Waals surface area contributed by atoms with Crippen LogP contribution in [-0.4, -0.2) is 10.7 Å². The van der Waals surface area contributed by atoms with Gasteiger partial charge in [-0.1, -0.05) is 31.1 Å². The third kappa shape index (κ3) is 2.17. The Morgan fingerprint density at radius 1 is 1.04 bits per heavy atom. The van der Waals surface area contributed by atoms with Gasteiger partial charge >= 0.3 is 0 Å². The Hall–Kier alpha value is -1.07. The van der Waals surface area contributed by atoms with Crippen LogP contribution in [0.5, 0.6) is 0 Å². The van der Waals surface area contributed by atoms with E-state index in [0.717, 1.165) is 37.0 Å². The second-order valence-electron chi connectivity index (χ2n) is 9.64. The van der Waals surface area contributed by atoms with E-state index in [1.165, 1.54) is 37.7 Å². The van der Waals surface area contributed by atoms with Gasteiger partial charge in [-0.25, -0.2) is 4.85 Å². The normalized spacial score (nSPS) is 52.0. The van der Waals surface area contributed by atoms with Crippen LogP contribution in [0.25, 0.3) is 4.85 Å².